The Morgan fingerprint density at radius 3 is 2.50 bits per heavy atom. The Hall–Kier alpha value is -0.120. The van der Waals surface area contributed by atoms with Gasteiger partial charge in [0.25, 0.3) is 0 Å². The Morgan fingerprint density at radius 1 is 1.50 bits per heavy atom. The summed E-state index contributed by atoms with van der Waals surface area (Å²) < 4.78 is 5.12. The molecule has 0 spiro atoms. The molecule has 0 radical (unpaired) electrons. The van der Waals surface area contributed by atoms with Crippen LogP contribution in [0, 0.1) is 0 Å². The smallest absolute Gasteiger partial charge is 0.0615 e. The van der Waals surface area contributed by atoms with Gasteiger partial charge >= 0.3 is 0 Å². The van der Waals surface area contributed by atoms with E-state index in [9.17, 15) is 0 Å². The van der Waals surface area contributed by atoms with Crippen LogP contribution in [0.5, 0.6) is 0 Å². The molecule has 0 aliphatic carbocycles. The first-order valence-corrected chi connectivity index (χ1v) is 5.41. The average molecular weight is 202 g/mol. The largest absolute Gasteiger partial charge is 0.383 e. The summed E-state index contributed by atoms with van der Waals surface area (Å²) in [5.41, 5.74) is 6.10. The van der Waals surface area contributed by atoms with Crippen LogP contribution in [-0.2, 0) is 4.74 Å². The van der Waals surface area contributed by atoms with E-state index >= 15 is 0 Å². The van der Waals surface area contributed by atoms with Gasteiger partial charge in [-0.05, 0) is 27.3 Å². The second-order valence-electron chi connectivity index (χ2n) is 4.62. The van der Waals surface area contributed by atoms with Gasteiger partial charge in [-0.25, -0.2) is 0 Å². The standard InChI is InChI=1S/C11H26N2O/c1-6-7-11(3,12)9-13(4)10(2)8-14-5/h10H,6-9,12H2,1-5H3. The zero-order chi connectivity index (χ0) is 11.2. The van der Waals surface area contributed by atoms with Crippen molar-refractivity contribution in [2.75, 3.05) is 27.3 Å². The van der Waals surface area contributed by atoms with Crippen LogP contribution in [0.1, 0.15) is 33.6 Å². The van der Waals surface area contributed by atoms with Crippen molar-refractivity contribution in [2.45, 2.75) is 45.2 Å². The van der Waals surface area contributed by atoms with E-state index in [4.69, 9.17) is 10.5 Å². The van der Waals surface area contributed by atoms with Crippen molar-refractivity contribution in [3.63, 3.8) is 0 Å². The van der Waals surface area contributed by atoms with E-state index in [1.54, 1.807) is 7.11 Å². The van der Waals surface area contributed by atoms with Crippen LogP contribution in [0.15, 0.2) is 0 Å². The zero-order valence-electron chi connectivity index (χ0n) is 10.3. The molecule has 3 heteroatoms. The lowest BCUT2D eigenvalue weighted by Gasteiger charge is -2.33. The normalized spacial score (nSPS) is 18.2. The SMILES string of the molecule is CCCC(C)(N)CN(C)C(C)COC. The molecule has 0 heterocycles. The van der Waals surface area contributed by atoms with Crippen molar-refractivity contribution in [1.29, 1.82) is 0 Å². The summed E-state index contributed by atoms with van der Waals surface area (Å²) in [6.07, 6.45) is 2.20. The van der Waals surface area contributed by atoms with Crippen molar-refractivity contribution in [3.05, 3.63) is 0 Å². The molecule has 86 valence electrons. The van der Waals surface area contributed by atoms with E-state index in [2.05, 4.69) is 32.7 Å². The molecule has 0 bridgehead atoms. The number of hydrogen-bond donors (Lipinski definition) is 1. The molecule has 3 nitrogen and oxygen atoms in total. The van der Waals surface area contributed by atoms with Crippen molar-refractivity contribution in [3.8, 4) is 0 Å². The van der Waals surface area contributed by atoms with Crippen LogP contribution in [0.4, 0.5) is 0 Å². The van der Waals surface area contributed by atoms with Crippen LogP contribution in [0.3, 0.4) is 0 Å². The Kier molecular flexibility index (Phi) is 6.33. The molecule has 0 amide bonds. The van der Waals surface area contributed by atoms with Crippen molar-refractivity contribution in [1.82, 2.24) is 4.90 Å². The van der Waals surface area contributed by atoms with Gasteiger partial charge in [0, 0.05) is 25.2 Å². The fraction of sp³-hybridized carbons (Fsp3) is 1.00. The molecule has 0 aromatic carbocycles. The van der Waals surface area contributed by atoms with E-state index in [-0.39, 0.29) is 5.54 Å². The zero-order valence-corrected chi connectivity index (χ0v) is 10.3. The highest BCUT2D eigenvalue weighted by Crippen LogP contribution is 2.11. The minimum atomic E-state index is -0.0779. The van der Waals surface area contributed by atoms with Gasteiger partial charge in [0.05, 0.1) is 6.61 Å². The average Bonchev–Trinajstić information content (AvgIpc) is 2.03. The number of methoxy groups -OCH3 is 1. The fourth-order valence-electron chi connectivity index (χ4n) is 1.74. The Morgan fingerprint density at radius 2 is 2.07 bits per heavy atom. The minimum absolute atomic E-state index is 0.0779. The second-order valence-corrected chi connectivity index (χ2v) is 4.62. The lowest BCUT2D eigenvalue weighted by Crippen LogP contribution is -2.49. The highest BCUT2D eigenvalue weighted by Gasteiger charge is 2.21. The maximum atomic E-state index is 6.18. The van der Waals surface area contributed by atoms with Crippen molar-refractivity contribution < 1.29 is 4.74 Å². The van der Waals surface area contributed by atoms with Gasteiger partial charge in [-0.1, -0.05) is 13.3 Å². The molecule has 2 atom stereocenters. The third kappa shape index (κ3) is 5.58. The molecule has 2 unspecified atom stereocenters. The third-order valence-electron chi connectivity index (χ3n) is 2.59. The van der Waals surface area contributed by atoms with Crippen LogP contribution in [0.25, 0.3) is 0 Å². The fourth-order valence-corrected chi connectivity index (χ4v) is 1.74. The number of likely N-dealkylation sites (N-methyl/N-ethyl adjacent to an activating group) is 1. The first kappa shape index (κ1) is 13.9. The van der Waals surface area contributed by atoms with Gasteiger partial charge in [0.2, 0.25) is 0 Å². The van der Waals surface area contributed by atoms with Crippen LogP contribution in [-0.4, -0.2) is 43.8 Å². The van der Waals surface area contributed by atoms with E-state index in [1.165, 1.54) is 0 Å². The quantitative estimate of drug-likeness (QED) is 0.679. The molecule has 0 aromatic rings. The Bertz CT molecular complexity index is 148. The summed E-state index contributed by atoms with van der Waals surface area (Å²) >= 11 is 0. The van der Waals surface area contributed by atoms with Crippen LogP contribution in [0.2, 0.25) is 0 Å². The van der Waals surface area contributed by atoms with E-state index in [0.717, 1.165) is 26.0 Å². The summed E-state index contributed by atoms with van der Waals surface area (Å²) in [5.74, 6) is 0. The molecular weight excluding hydrogens is 176 g/mol. The van der Waals surface area contributed by atoms with E-state index in [0.29, 0.717) is 6.04 Å². The molecule has 0 saturated heterocycles. The first-order chi connectivity index (χ1) is 6.43. The number of rotatable bonds is 7. The summed E-state index contributed by atoms with van der Waals surface area (Å²) in [6, 6.07) is 0.430. The van der Waals surface area contributed by atoms with Gasteiger partial charge in [-0.15, -0.1) is 0 Å². The minimum Gasteiger partial charge on any atom is -0.383 e. The highest BCUT2D eigenvalue weighted by molar-refractivity contribution is 4.82. The predicted octanol–water partition coefficient (Wildman–Crippen LogP) is 1.47. The number of ether oxygens (including phenoxy) is 1. The van der Waals surface area contributed by atoms with Gasteiger partial charge < -0.3 is 10.5 Å². The maximum Gasteiger partial charge on any atom is 0.0615 e. The third-order valence-corrected chi connectivity index (χ3v) is 2.59. The summed E-state index contributed by atoms with van der Waals surface area (Å²) in [6.45, 7) is 8.13. The molecule has 0 saturated carbocycles. The molecule has 0 aliphatic rings. The van der Waals surface area contributed by atoms with E-state index < -0.39 is 0 Å². The first-order valence-electron chi connectivity index (χ1n) is 5.41. The molecular formula is C11H26N2O. The summed E-state index contributed by atoms with van der Waals surface area (Å²) in [4.78, 5) is 2.26. The topological polar surface area (TPSA) is 38.5 Å². The number of nitrogens with zero attached hydrogens (tertiary/aromatic N) is 1. The van der Waals surface area contributed by atoms with Crippen LogP contribution >= 0.6 is 0 Å². The maximum absolute atomic E-state index is 6.18. The molecule has 14 heavy (non-hydrogen) atoms. The van der Waals surface area contributed by atoms with Crippen LogP contribution < -0.4 is 5.73 Å². The Balaban J connectivity index is 3.96. The summed E-state index contributed by atoms with van der Waals surface area (Å²) in [5, 5.41) is 0. The molecule has 0 rings (SSSR count). The molecule has 0 aliphatic heterocycles. The molecule has 2 N–H and O–H groups in total. The van der Waals surface area contributed by atoms with Crippen molar-refractivity contribution >= 4 is 0 Å². The van der Waals surface area contributed by atoms with E-state index in [1.807, 2.05) is 0 Å². The van der Waals surface area contributed by atoms with Gasteiger partial charge in [0.1, 0.15) is 0 Å². The summed E-state index contributed by atoms with van der Waals surface area (Å²) in [7, 11) is 3.84. The van der Waals surface area contributed by atoms with Gasteiger partial charge in [0.15, 0.2) is 0 Å². The molecule has 0 aromatic heterocycles. The Labute approximate surface area is 88.6 Å². The number of hydrogen-bond acceptors (Lipinski definition) is 3. The molecule has 0 fully saturated rings. The highest BCUT2D eigenvalue weighted by atomic mass is 16.5. The van der Waals surface area contributed by atoms with Gasteiger partial charge in [-0.2, -0.15) is 0 Å². The number of nitrogens with two attached hydrogens (primary N) is 1. The monoisotopic (exact) mass is 202 g/mol. The lowest BCUT2D eigenvalue weighted by atomic mass is 9.96. The van der Waals surface area contributed by atoms with Crippen molar-refractivity contribution in [2.24, 2.45) is 5.73 Å². The van der Waals surface area contributed by atoms with Gasteiger partial charge in [-0.3, -0.25) is 4.90 Å². The lowest BCUT2D eigenvalue weighted by molar-refractivity contribution is 0.101. The predicted molar refractivity (Wildman–Crippen MR) is 61.5 cm³/mol. The second kappa shape index (κ2) is 6.38.